The van der Waals surface area contributed by atoms with Gasteiger partial charge >= 0.3 is 5.97 Å². The summed E-state index contributed by atoms with van der Waals surface area (Å²) in [4.78, 5) is 28.8. The van der Waals surface area contributed by atoms with Crippen LogP contribution in [0.3, 0.4) is 0 Å². The summed E-state index contributed by atoms with van der Waals surface area (Å²) in [5.74, 6) is -1.56. The molecule has 1 heterocycles. The van der Waals surface area contributed by atoms with Gasteiger partial charge < -0.3 is 15.2 Å². The van der Waals surface area contributed by atoms with Crippen LogP contribution in [0.1, 0.15) is 65.6 Å². The molecule has 2 N–H and O–H groups in total. The lowest BCUT2D eigenvalue weighted by Crippen LogP contribution is -2.28. The quantitative estimate of drug-likeness (QED) is 0.451. The normalized spacial score (nSPS) is 12.2. The van der Waals surface area contributed by atoms with Crippen molar-refractivity contribution in [3.8, 4) is 11.6 Å². The van der Waals surface area contributed by atoms with Gasteiger partial charge in [0, 0.05) is 6.20 Å². The number of halogens is 2. The molecule has 0 saturated heterocycles. The SMILES string of the molecule is C[C@H](NC(=O)c1cc(Cl)cnc1Oc1ccc(F)cc1)c1ccc(C(=O)O)c(C(C)(C)C)c1. The molecule has 0 aliphatic carbocycles. The van der Waals surface area contributed by atoms with Crippen molar-refractivity contribution in [1.82, 2.24) is 10.3 Å². The highest BCUT2D eigenvalue weighted by molar-refractivity contribution is 6.30. The lowest BCUT2D eigenvalue weighted by molar-refractivity contribution is 0.0693. The zero-order valence-electron chi connectivity index (χ0n) is 18.6. The molecule has 2 aromatic carbocycles. The van der Waals surface area contributed by atoms with Gasteiger partial charge in [0.15, 0.2) is 0 Å². The van der Waals surface area contributed by atoms with Gasteiger partial charge in [-0.05, 0) is 59.9 Å². The van der Waals surface area contributed by atoms with Gasteiger partial charge in [-0.2, -0.15) is 0 Å². The van der Waals surface area contributed by atoms with E-state index in [1.165, 1.54) is 36.5 Å². The largest absolute Gasteiger partial charge is 0.478 e. The molecule has 3 aromatic rings. The molecule has 0 radical (unpaired) electrons. The van der Waals surface area contributed by atoms with Crippen LogP contribution in [0.25, 0.3) is 0 Å². The van der Waals surface area contributed by atoms with Crippen molar-refractivity contribution in [2.75, 3.05) is 0 Å². The predicted molar refractivity (Wildman–Crippen MR) is 124 cm³/mol. The van der Waals surface area contributed by atoms with Crippen molar-refractivity contribution in [3.05, 3.63) is 87.8 Å². The summed E-state index contributed by atoms with van der Waals surface area (Å²) in [6, 6.07) is 11.3. The number of nitrogens with one attached hydrogen (secondary N) is 1. The number of amides is 1. The van der Waals surface area contributed by atoms with Crippen molar-refractivity contribution >= 4 is 23.5 Å². The van der Waals surface area contributed by atoms with Crippen LogP contribution >= 0.6 is 11.6 Å². The molecule has 0 bridgehead atoms. The minimum absolute atomic E-state index is 0.0207. The summed E-state index contributed by atoms with van der Waals surface area (Å²) < 4.78 is 18.8. The Morgan fingerprint density at radius 2 is 1.76 bits per heavy atom. The van der Waals surface area contributed by atoms with Crippen molar-refractivity contribution in [2.45, 2.75) is 39.2 Å². The molecular formula is C25H24ClFN2O4. The number of carbonyl (C=O) groups excluding carboxylic acids is 1. The molecule has 8 heteroatoms. The Hall–Kier alpha value is -3.45. The Kier molecular flexibility index (Phi) is 7.03. The second-order valence-corrected chi connectivity index (χ2v) is 9.05. The molecule has 0 saturated carbocycles. The van der Waals surface area contributed by atoms with Crippen molar-refractivity contribution in [3.63, 3.8) is 0 Å². The number of carbonyl (C=O) groups is 2. The van der Waals surface area contributed by atoms with Crippen LogP contribution in [0.5, 0.6) is 11.6 Å². The maximum atomic E-state index is 13.2. The molecule has 0 aliphatic heterocycles. The first-order valence-corrected chi connectivity index (χ1v) is 10.6. The van der Waals surface area contributed by atoms with Crippen molar-refractivity contribution in [2.24, 2.45) is 0 Å². The average Bonchev–Trinajstić information content (AvgIpc) is 2.75. The third-order valence-corrected chi connectivity index (χ3v) is 5.23. The number of carboxylic acids is 1. The van der Waals surface area contributed by atoms with E-state index in [0.29, 0.717) is 11.3 Å². The number of nitrogens with zero attached hydrogens (tertiary/aromatic N) is 1. The van der Waals surface area contributed by atoms with E-state index in [9.17, 15) is 19.1 Å². The van der Waals surface area contributed by atoms with Crippen LogP contribution in [0.4, 0.5) is 4.39 Å². The number of hydrogen-bond acceptors (Lipinski definition) is 4. The number of rotatable bonds is 6. The number of ether oxygens (including phenoxy) is 1. The van der Waals surface area contributed by atoms with E-state index >= 15 is 0 Å². The minimum atomic E-state index is -1.00. The second kappa shape index (κ2) is 9.58. The van der Waals surface area contributed by atoms with E-state index in [4.69, 9.17) is 16.3 Å². The predicted octanol–water partition coefficient (Wildman–Crippen LogP) is 6.15. The topological polar surface area (TPSA) is 88.5 Å². The fraction of sp³-hybridized carbons (Fsp3) is 0.240. The average molecular weight is 471 g/mol. The molecule has 3 rings (SSSR count). The first kappa shape index (κ1) is 24.2. The maximum absolute atomic E-state index is 13.2. The number of benzene rings is 2. The number of hydrogen-bond donors (Lipinski definition) is 2. The smallest absolute Gasteiger partial charge is 0.335 e. The summed E-state index contributed by atoms with van der Waals surface area (Å²) in [7, 11) is 0. The van der Waals surface area contributed by atoms with E-state index in [2.05, 4.69) is 10.3 Å². The highest BCUT2D eigenvalue weighted by Gasteiger charge is 2.24. The minimum Gasteiger partial charge on any atom is -0.478 e. The second-order valence-electron chi connectivity index (χ2n) is 8.62. The molecular weight excluding hydrogens is 447 g/mol. The van der Waals surface area contributed by atoms with Gasteiger partial charge in [-0.3, -0.25) is 4.79 Å². The first-order valence-electron chi connectivity index (χ1n) is 10.2. The van der Waals surface area contributed by atoms with Crippen LogP contribution in [-0.2, 0) is 5.41 Å². The van der Waals surface area contributed by atoms with E-state index in [1.807, 2.05) is 20.8 Å². The van der Waals surface area contributed by atoms with Gasteiger partial charge in [-0.1, -0.05) is 44.5 Å². The highest BCUT2D eigenvalue weighted by Crippen LogP contribution is 2.30. The Bertz CT molecular complexity index is 1190. The van der Waals surface area contributed by atoms with E-state index in [0.717, 1.165) is 5.56 Å². The molecule has 33 heavy (non-hydrogen) atoms. The summed E-state index contributed by atoms with van der Waals surface area (Å²) >= 11 is 6.05. The summed E-state index contributed by atoms with van der Waals surface area (Å²) in [6.45, 7) is 7.58. The van der Waals surface area contributed by atoms with E-state index in [1.54, 1.807) is 25.1 Å². The molecule has 0 spiro atoms. The third-order valence-electron chi connectivity index (χ3n) is 5.02. The van der Waals surface area contributed by atoms with Crippen LogP contribution in [0.2, 0.25) is 5.02 Å². The van der Waals surface area contributed by atoms with Gasteiger partial charge in [-0.25, -0.2) is 14.2 Å². The molecule has 0 unspecified atom stereocenters. The lowest BCUT2D eigenvalue weighted by Gasteiger charge is -2.24. The maximum Gasteiger partial charge on any atom is 0.335 e. The summed E-state index contributed by atoms with van der Waals surface area (Å²) in [5.41, 5.74) is 1.34. The van der Waals surface area contributed by atoms with Gasteiger partial charge in [0.2, 0.25) is 5.88 Å². The molecule has 1 atom stereocenters. The summed E-state index contributed by atoms with van der Waals surface area (Å²) in [6.07, 6.45) is 1.35. The number of aromatic carboxylic acids is 1. The monoisotopic (exact) mass is 470 g/mol. The number of carboxylic acid groups (broad SMARTS) is 1. The molecule has 6 nitrogen and oxygen atoms in total. The van der Waals surface area contributed by atoms with Gasteiger partial charge in [0.25, 0.3) is 5.91 Å². The van der Waals surface area contributed by atoms with Crippen LogP contribution in [0, 0.1) is 5.82 Å². The Morgan fingerprint density at radius 1 is 1.09 bits per heavy atom. The highest BCUT2D eigenvalue weighted by atomic mass is 35.5. The molecule has 0 aliphatic rings. The van der Waals surface area contributed by atoms with Crippen LogP contribution < -0.4 is 10.1 Å². The molecule has 0 fully saturated rings. The van der Waals surface area contributed by atoms with Gasteiger partial charge in [0.1, 0.15) is 17.1 Å². The van der Waals surface area contributed by atoms with Gasteiger partial charge in [-0.15, -0.1) is 0 Å². The third kappa shape index (κ3) is 5.87. The van der Waals surface area contributed by atoms with Crippen LogP contribution in [-0.4, -0.2) is 22.0 Å². The Labute approximate surface area is 196 Å². The standard InChI is InChI=1S/C25H24ClFN2O4/c1-14(15-5-10-19(24(31)32)21(11-15)25(2,3)4)29-22(30)20-12-16(26)13-28-23(20)33-18-8-6-17(27)7-9-18/h5-14H,1-4H3,(H,29,30)(H,31,32)/t14-/m0/s1. The Morgan fingerprint density at radius 3 is 2.36 bits per heavy atom. The van der Waals surface area contributed by atoms with Crippen molar-refractivity contribution < 1.29 is 23.8 Å². The zero-order chi connectivity index (χ0) is 24.3. The fourth-order valence-electron chi connectivity index (χ4n) is 3.28. The Balaban J connectivity index is 1.87. The molecule has 1 amide bonds. The fourth-order valence-corrected chi connectivity index (χ4v) is 3.44. The lowest BCUT2D eigenvalue weighted by atomic mass is 9.82. The van der Waals surface area contributed by atoms with Crippen LogP contribution in [0.15, 0.2) is 54.7 Å². The molecule has 1 aromatic heterocycles. The zero-order valence-corrected chi connectivity index (χ0v) is 19.4. The van der Waals surface area contributed by atoms with Crippen molar-refractivity contribution in [1.29, 1.82) is 0 Å². The molecule has 172 valence electrons. The number of pyridine rings is 1. The summed E-state index contributed by atoms with van der Waals surface area (Å²) in [5, 5.41) is 12.6. The van der Waals surface area contributed by atoms with E-state index in [-0.39, 0.29) is 22.0 Å². The number of aromatic nitrogens is 1. The first-order chi connectivity index (χ1) is 15.5. The van der Waals surface area contributed by atoms with Gasteiger partial charge in [0.05, 0.1) is 16.6 Å². The van der Waals surface area contributed by atoms with E-state index < -0.39 is 29.2 Å².